The summed E-state index contributed by atoms with van der Waals surface area (Å²) in [5.41, 5.74) is 5.87. The number of anilines is 1. The van der Waals surface area contributed by atoms with Crippen LogP contribution in [-0.2, 0) is 22.1 Å². The number of aliphatic hydroxyl groups is 1. The molecule has 0 aliphatic carbocycles. The summed E-state index contributed by atoms with van der Waals surface area (Å²) in [7, 11) is 7.10. The molecule has 1 unspecified atom stereocenters. The first kappa shape index (κ1) is 49.4. The summed E-state index contributed by atoms with van der Waals surface area (Å²) >= 11 is -0.750. The molecule has 0 aliphatic heterocycles. The second-order valence-corrected chi connectivity index (χ2v) is 14.9. The average molecular weight is 877 g/mol. The third-order valence-electron chi connectivity index (χ3n) is 8.90. The van der Waals surface area contributed by atoms with Gasteiger partial charge in [-0.05, 0) is 134 Å². The Hall–Kier alpha value is -5.98. The quantitative estimate of drug-likeness (QED) is 0.0710. The van der Waals surface area contributed by atoms with Crippen LogP contribution < -0.4 is 14.8 Å². The van der Waals surface area contributed by atoms with Crippen molar-refractivity contribution in [2.24, 2.45) is 0 Å². The highest BCUT2D eigenvalue weighted by Gasteiger charge is 2.21. The third-order valence-corrected chi connectivity index (χ3v) is 8.90. The van der Waals surface area contributed by atoms with Gasteiger partial charge in [-0.3, -0.25) is 9.59 Å². The predicted molar refractivity (Wildman–Crippen MR) is 235 cm³/mol. The number of hydrogen-bond acceptors (Lipinski definition) is 15. The number of ketones is 2. The highest BCUT2D eigenvalue weighted by Crippen LogP contribution is 2.31. The van der Waals surface area contributed by atoms with Crippen LogP contribution in [0.3, 0.4) is 0 Å². The molecule has 0 fully saturated rings. The first-order chi connectivity index (χ1) is 29.0. The molecule has 17 heteroatoms. The Morgan fingerprint density at radius 2 is 1.21 bits per heavy atom. The molecule has 2 heterocycles. The van der Waals surface area contributed by atoms with Crippen LogP contribution >= 0.6 is 0 Å². The van der Waals surface area contributed by atoms with Crippen LogP contribution in [0.2, 0.25) is 0 Å². The number of hydrogen-bond donors (Lipinski definition) is 3. The number of aryl methyl sites for hydroxylation is 3. The second-order valence-electron chi connectivity index (χ2n) is 14.3. The highest BCUT2D eigenvalue weighted by molar-refractivity contribution is 7.60. The van der Waals surface area contributed by atoms with Gasteiger partial charge in [0, 0.05) is 47.7 Å². The number of aliphatic hydroxyl groups excluding tert-OH is 1. The summed E-state index contributed by atoms with van der Waals surface area (Å²) < 4.78 is 62.3. The second kappa shape index (κ2) is 24.3. The molecule has 0 spiro atoms. The standard InChI is InChI=1S/C22H26N2O4.C22H25NO3.HNO2S.O2S/c1-14-21(19-11-16(23-2)7-10-20(19)28-14)22(26)15-5-8-18(9-6-15)27-13-17(25)12-24(3)4;1-15-6-11-20-19(14-15)21(16(2)26-20)22(24)17-7-9-18(10-8-17)25-13-5-12-23(3)4;1-4(2)3;1-3-2/h5-11,17,23,25H,12-13H2,1-4H3;6-11,14H,5,12-13H2,1-4H3;1H;. The lowest BCUT2D eigenvalue weighted by atomic mass is 9.99. The van der Waals surface area contributed by atoms with Gasteiger partial charge in [0.1, 0.15) is 46.9 Å². The number of carbonyl (C=O) groups is 2. The Morgan fingerprint density at radius 3 is 1.67 bits per heavy atom. The van der Waals surface area contributed by atoms with Crippen molar-refractivity contribution in [1.29, 1.82) is 4.78 Å². The van der Waals surface area contributed by atoms with Crippen molar-refractivity contribution in [2.45, 2.75) is 33.3 Å². The number of likely N-dealkylation sites (N-methyl/N-ethyl adjacent to an activating group) is 1. The molecule has 0 bridgehead atoms. The molecule has 4 aromatic carbocycles. The summed E-state index contributed by atoms with van der Waals surface area (Å²) in [5.74, 6) is 2.53. The molecule has 0 amide bonds. The molecule has 3 N–H and O–H groups in total. The summed E-state index contributed by atoms with van der Waals surface area (Å²) in [6, 6.07) is 25.9. The first-order valence-electron chi connectivity index (χ1n) is 18.9. The lowest BCUT2D eigenvalue weighted by Crippen LogP contribution is -2.30. The van der Waals surface area contributed by atoms with Crippen LogP contribution in [0.15, 0.2) is 93.8 Å². The minimum atomic E-state index is -2.61. The number of furan rings is 2. The predicted octanol–water partition coefficient (Wildman–Crippen LogP) is 6.88. The monoisotopic (exact) mass is 876 g/mol. The van der Waals surface area contributed by atoms with E-state index in [0.717, 1.165) is 46.3 Å². The maximum Gasteiger partial charge on any atom is 0.335 e. The number of nitrogens with zero attached hydrogens (tertiary/aromatic N) is 2. The van der Waals surface area contributed by atoms with Crippen LogP contribution in [0.25, 0.3) is 21.9 Å². The molecule has 15 nitrogen and oxygen atoms in total. The van der Waals surface area contributed by atoms with Gasteiger partial charge in [0.25, 0.3) is 0 Å². The fraction of sp³-hybridized carbons (Fsp3) is 0.318. The molecule has 6 aromatic rings. The first-order valence-corrected chi connectivity index (χ1v) is 20.7. The van der Waals surface area contributed by atoms with Crippen molar-refractivity contribution in [3.8, 4) is 11.5 Å². The number of nitrogens with one attached hydrogen (secondary N) is 2. The zero-order valence-electron chi connectivity index (χ0n) is 35.4. The van der Waals surface area contributed by atoms with Gasteiger partial charge in [0.2, 0.25) is 0 Å². The van der Waals surface area contributed by atoms with E-state index in [4.69, 9.17) is 39.9 Å². The molecular formula is C44H52N4O11S2. The maximum absolute atomic E-state index is 13.1. The van der Waals surface area contributed by atoms with Crippen molar-refractivity contribution in [3.05, 3.63) is 124 Å². The zero-order valence-corrected chi connectivity index (χ0v) is 37.1. The molecule has 0 radical (unpaired) electrons. The summed E-state index contributed by atoms with van der Waals surface area (Å²) in [4.78, 5) is 30.1. The SMILES string of the molecule is CNc1ccc2oc(C)c(C(=O)c3ccc(OCC(O)CN(C)C)cc3)c2c1.Cc1ccc2oc(C)c(C(=O)c3ccc(OCCCN(C)C)cc3)c2c1.N=S(=O)=O.O=S=O. The maximum atomic E-state index is 13.1. The Morgan fingerprint density at radius 1 is 0.754 bits per heavy atom. The summed E-state index contributed by atoms with van der Waals surface area (Å²) in [5, 5.41) is 14.6. The van der Waals surface area contributed by atoms with Gasteiger partial charge in [-0.25, -0.2) is 0 Å². The molecule has 2 aromatic heterocycles. The largest absolute Gasteiger partial charge is 0.494 e. The van der Waals surface area contributed by atoms with Gasteiger partial charge in [-0.15, -0.1) is 0 Å². The van der Waals surface area contributed by atoms with E-state index in [9.17, 15) is 14.7 Å². The number of fused-ring (bicyclic) bond motifs is 2. The lowest BCUT2D eigenvalue weighted by molar-refractivity contribution is 0.0830. The van der Waals surface area contributed by atoms with Crippen molar-refractivity contribution >= 4 is 61.3 Å². The highest BCUT2D eigenvalue weighted by atomic mass is 32.2. The molecule has 0 saturated heterocycles. The number of ether oxygens (including phenoxy) is 2. The van der Waals surface area contributed by atoms with E-state index in [0.29, 0.717) is 58.3 Å². The van der Waals surface area contributed by atoms with E-state index < -0.39 is 28.2 Å². The molecule has 61 heavy (non-hydrogen) atoms. The van der Waals surface area contributed by atoms with E-state index in [1.807, 2.05) is 115 Å². The third kappa shape index (κ3) is 15.2. The van der Waals surface area contributed by atoms with Gasteiger partial charge in [-0.1, -0.05) is 11.6 Å². The molecule has 326 valence electrons. The number of benzene rings is 4. The fourth-order valence-electron chi connectivity index (χ4n) is 6.20. The van der Waals surface area contributed by atoms with Gasteiger partial charge in [0.05, 0.1) is 17.7 Å². The smallest absolute Gasteiger partial charge is 0.335 e. The van der Waals surface area contributed by atoms with Crippen LogP contribution in [0.4, 0.5) is 5.69 Å². The van der Waals surface area contributed by atoms with Gasteiger partial charge < -0.3 is 38.5 Å². The van der Waals surface area contributed by atoms with Crippen molar-refractivity contribution in [1.82, 2.24) is 9.80 Å². The Kier molecular flexibility index (Phi) is 19.7. The fourth-order valence-corrected chi connectivity index (χ4v) is 6.20. The number of carbonyl (C=O) groups excluding carboxylic acids is 2. The molecule has 6 rings (SSSR count). The Bertz CT molecular complexity index is 2520. The van der Waals surface area contributed by atoms with Crippen LogP contribution in [0.1, 0.15) is 55.3 Å². The summed E-state index contributed by atoms with van der Waals surface area (Å²) in [6.07, 6.45) is 0.394. The molecule has 0 aliphatic rings. The zero-order chi connectivity index (χ0) is 45.2. The topological polar surface area (TPSA) is 210 Å². The molecule has 0 saturated carbocycles. The van der Waals surface area contributed by atoms with Crippen molar-refractivity contribution < 1.29 is 49.8 Å². The molecular weight excluding hydrogens is 825 g/mol. The Balaban J connectivity index is 0.000000283. The van der Waals surface area contributed by atoms with Gasteiger partial charge in [0.15, 0.2) is 11.6 Å². The molecule has 1 atom stereocenters. The van der Waals surface area contributed by atoms with Gasteiger partial charge >= 0.3 is 22.1 Å². The van der Waals surface area contributed by atoms with Crippen molar-refractivity contribution in [2.75, 3.05) is 66.9 Å². The normalized spacial score (nSPS) is 11.1. The van der Waals surface area contributed by atoms with E-state index in [2.05, 4.69) is 10.2 Å². The number of rotatable bonds is 15. The van der Waals surface area contributed by atoms with Crippen LogP contribution in [0.5, 0.6) is 11.5 Å². The van der Waals surface area contributed by atoms with E-state index >= 15 is 0 Å². The van der Waals surface area contributed by atoms with Crippen LogP contribution in [0, 0.1) is 25.6 Å². The Labute approximate surface area is 360 Å². The van der Waals surface area contributed by atoms with E-state index in [1.54, 1.807) is 31.2 Å². The summed E-state index contributed by atoms with van der Waals surface area (Å²) in [6.45, 7) is 8.03. The average Bonchev–Trinajstić information content (AvgIpc) is 3.72. The van der Waals surface area contributed by atoms with Crippen molar-refractivity contribution in [3.63, 3.8) is 0 Å². The van der Waals surface area contributed by atoms with Crippen LogP contribution in [-0.4, -0.2) is 111 Å². The minimum absolute atomic E-state index is 0.0222. The minimum Gasteiger partial charge on any atom is -0.494 e. The van der Waals surface area contributed by atoms with E-state index in [1.165, 1.54) is 0 Å². The van der Waals surface area contributed by atoms with E-state index in [-0.39, 0.29) is 18.2 Å². The lowest BCUT2D eigenvalue weighted by Gasteiger charge is -2.16. The van der Waals surface area contributed by atoms with Gasteiger partial charge in [-0.2, -0.15) is 21.6 Å².